The molecule has 2 aromatic heterocycles. The van der Waals surface area contributed by atoms with E-state index in [0.29, 0.717) is 41.4 Å². The highest BCUT2D eigenvalue weighted by molar-refractivity contribution is 6.07. The average molecular weight is 397 g/mol. The summed E-state index contributed by atoms with van der Waals surface area (Å²) in [5.41, 5.74) is 1.57. The Balaban J connectivity index is 1.47. The Kier molecular flexibility index (Phi) is 5.46. The van der Waals surface area contributed by atoms with Crippen molar-refractivity contribution in [1.82, 2.24) is 20.4 Å². The Morgan fingerprint density at radius 2 is 1.97 bits per heavy atom. The van der Waals surface area contributed by atoms with Gasteiger partial charge in [-0.15, -0.1) is 0 Å². The van der Waals surface area contributed by atoms with E-state index < -0.39 is 0 Å². The standard InChI is InChI=1S/C20H23N5O4/c1-27-14-6-5-13(11-15(14)28-2)7-8-21-19(26)17-16-18(25-9-3-4-10-25)22-12-23-20(16)29-24-17/h5-6,11-12H,3-4,7-10H2,1-2H3,(H,21,26). The van der Waals surface area contributed by atoms with E-state index in [1.54, 1.807) is 14.2 Å². The average Bonchev–Trinajstić information content (AvgIpc) is 3.43. The number of rotatable bonds is 7. The minimum absolute atomic E-state index is 0.217. The number of fused-ring (bicyclic) bond motifs is 1. The van der Waals surface area contributed by atoms with E-state index >= 15 is 0 Å². The van der Waals surface area contributed by atoms with E-state index in [9.17, 15) is 4.79 Å². The fraction of sp³-hybridized carbons (Fsp3) is 0.400. The number of nitrogens with zero attached hydrogens (tertiary/aromatic N) is 4. The fourth-order valence-corrected chi connectivity index (χ4v) is 3.54. The molecule has 0 unspecified atom stereocenters. The van der Waals surface area contributed by atoms with Crippen molar-refractivity contribution in [3.63, 3.8) is 0 Å². The monoisotopic (exact) mass is 397 g/mol. The Labute approximate surface area is 168 Å². The highest BCUT2D eigenvalue weighted by Gasteiger charge is 2.25. The van der Waals surface area contributed by atoms with Crippen LogP contribution in [-0.2, 0) is 6.42 Å². The van der Waals surface area contributed by atoms with Gasteiger partial charge in [-0.05, 0) is 37.0 Å². The maximum absolute atomic E-state index is 12.7. The van der Waals surface area contributed by atoms with E-state index in [-0.39, 0.29) is 11.6 Å². The summed E-state index contributed by atoms with van der Waals surface area (Å²) < 4.78 is 15.8. The number of carbonyl (C=O) groups excluding carboxylic acids is 1. The number of anilines is 1. The van der Waals surface area contributed by atoms with Gasteiger partial charge in [-0.3, -0.25) is 4.79 Å². The van der Waals surface area contributed by atoms with E-state index in [2.05, 4.69) is 25.3 Å². The van der Waals surface area contributed by atoms with Crippen LogP contribution < -0.4 is 19.7 Å². The van der Waals surface area contributed by atoms with Gasteiger partial charge >= 0.3 is 0 Å². The second kappa shape index (κ2) is 8.34. The van der Waals surface area contributed by atoms with E-state index in [0.717, 1.165) is 31.5 Å². The van der Waals surface area contributed by atoms with Gasteiger partial charge in [-0.2, -0.15) is 4.98 Å². The fourth-order valence-electron chi connectivity index (χ4n) is 3.54. The molecule has 1 N–H and O–H groups in total. The third-order valence-corrected chi connectivity index (χ3v) is 5.02. The summed E-state index contributed by atoms with van der Waals surface area (Å²) in [7, 11) is 3.19. The van der Waals surface area contributed by atoms with Crippen molar-refractivity contribution in [2.24, 2.45) is 0 Å². The van der Waals surface area contributed by atoms with Gasteiger partial charge in [0.25, 0.3) is 11.6 Å². The highest BCUT2D eigenvalue weighted by atomic mass is 16.5. The predicted octanol–water partition coefficient (Wildman–Crippen LogP) is 2.21. The number of carbonyl (C=O) groups is 1. The van der Waals surface area contributed by atoms with Gasteiger partial charge in [0, 0.05) is 19.6 Å². The molecule has 29 heavy (non-hydrogen) atoms. The molecule has 1 aliphatic heterocycles. The lowest BCUT2D eigenvalue weighted by Gasteiger charge is -2.16. The SMILES string of the molecule is COc1ccc(CCNC(=O)c2noc3ncnc(N4CCCC4)c23)cc1OC. The van der Waals surface area contributed by atoms with Crippen LogP contribution in [0.15, 0.2) is 29.0 Å². The number of methoxy groups -OCH3 is 2. The van der Waals surface area contributed by atoms with Crippen molar-refractivity contribution >= 4 is 22.8 Å². The number of nitrogens with one attached hydrogen (secondary N) is 1. The molecule has 9 heteroatoms. The molecule has 0 bridgehead atoms. The van der Waals surface area contributed by atoms with E-state index in [1.807, 2.05) is 18.2 Å². The number of hydrogen-bond acceptors (Lipinski definition) is 8. The summed E-state index contributed by atoms with van der Waals surface area (Å²) in [5.74, 6) is 1.73. The topological polar surface area (TPSA) is 103 Å². The van der Waals surface area contributed by atoms with E-state index in [4.69, 9.17) is 14.0 Å². The van der Waals surface area contributed by atoms with Crippen LogP contribution in [0.25, 0.3) is 11.1 Å². The van der Waals surface area contributed by atoms with Crippen LogP contribution in [0.5, 0.6) is 11.5 Å². The first-order chi connectivity index (χ1) is 14.2. The molecule has 0 spiro atoms. The van der Waals surface area contributed by atoms with Gasteiger partial charge in [0.15, 0.2) is 17.2 Å². The summed E-state index contributed by atoms with van der Waals surface area (Å²) in [6, 6.07) is 5.69. The molecule has 3 aromatic rings. The minimum Gasteiger partial charge on any atom is -0.493 e. The van der Waals surface area contributed by atoms with E-state index in [1.165, 1.54) is 6.33 Å². The molecule has 1 saturated heterocycles. The van der Waals surface area contributed by atoms with Crippen LogP contribution in [0.1, 0.15) is 28.9 Å². The highest BCUT2D eigenvalue weighted by Crippen LogP contribution is 2.29. The molecule has 0 atom stereocenters. The number of aromatic nitrogens is 3. The first-order valence-corrected chi connectivity index (χ1v) is 9.55. The summed E-state index contributed by atoms with van der Waals surface area (Å²) in [5, 5.41) is 7.42. The number of amides is 1. The molecular formula is C20H23N5O4. The van der Waals surface area contributed by atoms with Crippen molar-refractivity contribution in [2.45, 2.75) is 19.3 Å². The van der Waals surface area contributed by atoms with Gasteiger partial charge in [-0.1, -0.05) is 11.2 Å². The van der Waals surface area contributed by atoms with Crippen LogP contribution in [0.3, 0.4) is 0 Å². The van der Waals surface area contributed by atoms with Crippen molar-refractivity contribution in [1.29, 1.82) is 0 Å². The second-order valence-electron chi connectivity index (χ2n) is 6.80. The molecular weight excluding hydrogens is 374 g/mol. The Morgan fingerprint density at radius 1 is 1.17 bits per heavy atom. The largest absolute Gasteiger partial charge is 0.493 e. The summed E-state index contributed by atoms with van der Waals surface area (Å²) in [6.45, 7) is 2.24. The van der Waals surface area contributed by atoms with Crippen LogP contribution in [0.4, 0.5) is 5.82 Å². The first kappa shape index (κ1) is 19.0. The quantitative estimate of drug-likeness (QED) is 0.647. The Morgan fingerprint density at radius 3 is 2.72 bits per heavy atom. The van der Waals surface area contributed by atoms with Crippen LogP contribution in [0.2, 0.25) is 0 Å². The smallest absolute Gasteiger partial charge is 0.274 e. The van der Waals surface area contributed by atoms with Crippen molar-refractivity contribution < 1.29 is 18.8 Å². The van der Waals surface area contributed by atoms with Gasteiger partial charge in [-0.25, -0.2) is 4.98 Å². The lowest BCUT2D eigenvalue weighted by atomic mass is 10.1. The zero-order valence-corrected chi connectivity index (χ0v) is 16.5. The van der Waals surface area contributed by atoms with Gasteiger partial charge in [0.05, 0.1) is 14.2 Å². The maximum atomic E-state index is 12.7. The van der Waals surface area contributed by atoms with Crippen molar-refractivity contribution in [3.8, 4) is 11.5 Å². The first-order valence-electron chi connectivity index (χ1n) is 9.55. The molecule has 1 aliphatic rings. The van der Waals surface area contributed by atoms with Gasteiger partial charge in [0.2, 0.25) is 0 Å². The number of hydrogen-bond donors (Lipinski definition) is 1. The molecule has 9 nitrogen and oxygen atoms in total. The third-order valence-electron chi connectivity index (χ3n) is 5.02. The molecule has 0 saturated carbocycles. The zero-order valence-electron chi connectivity index (χ0n) is 16.5. The lowest BCUT2D eigenvalue weighted by Crippen LogP contribution is -2.27. The predicted molar refractivity (Wildman–Crippen MR) is 107 cm³/mol. The summed E-state index contributed by atoms with van der Waals surface area (Å²) in [4.78, 5) is 23.4. The third kappa shape index (κ3) is 3.80. The second-order valence-corrected chi connectivity index (χ2v) is 6.80. The molecule has 0 aliphatic carbocycles. The van der Waals surface area contributed by atoms with Crippen LogP contribution >= 0.6 is 0 Å². The number of benzene rings is 1. The minimum atomic E-state index is -0.306. The lowest BCUT2D eigenvalue weighted by molar-refractivity contribution is 0.0946. The Hall–Kier alpha value is -3.36. The van der Waals surface area contributed by atoms with Crippen LogP contribution in [-0.4, -0.2) is 54.9 Å². The van der Waals surface area contributed by atoms with Crippen molar-refractivity contribution in [2.75, 3.05) is 38.8 Å². The molecule has 1 fully saturated rings. The van der Waals surface area contributed by atoms with Crippen LogP contribution in [0, 0.1) is 0 Å². The normalized spacial score (nSPS) is 13.7. The summed E-state index contributed by atoms with van der Waals surface area (Å²) in [6.07, 6.45) is 4.28. The maximum Gasteiger partial charge on any atom is 0.274 e. The Bertz CT molecular complexity index is 1010. The zero-order chi connectivity index (χ0) is 20.2. The van der Waals surface area contributed by atoms with Gasteiger partial charge < -0.3 is 24.2 Å². The molecule has 4 rings (SSSR count). The molecule has 3 heterocycles. The molecule has 1 aromatic carbocycles. The molecule has 152 valence electrons. The molecule has 0 radical (unpaired) electrons. The molecule has 1 amide bonds. The van der Waals surface area contributed by atoms with Crippen molar-refractivity contribution in [3.05, 3.63) is 35.8 Å². The van der Waals surface area contributed by atoms with Gasteiger partial charge in [0.1, 0.15) is 17.5 Å². The number of ether oxygens (including phenoxy) is 2. The summed E-state index contributed by atoms with van der Waals surface area (Å²) >= 11 is 0.